The van der Waals surface area contributed by atoms with Gasteiger partial charge >= 0.3 is 6.18 Å². The number of alkyl halides is 3. The summed E-state index contributed by atoms with van der Waals surface area (Å²) >= 11 is 0. The van der Waals surface area contributed by atoms with Gasteiger partial charge in [-0.3, -0.25) is 14.9 Å². The fourth-order valence-corrected chi connectivity index (χ4v) is 3.90. The third-order valence-corrected chi connectivity index (χ3v) is 5.82. The first-order valence-corrected chi connectivity index (χ1v) is 11.2. The molecule has 2 aromatic heterocycles. The van der Waals surface area contributed by atoms with E-state index in [-0.39, 0.29) is 28.2 Å². The van der Waals surface area contributed by atoms with Crippen molar-refractivity contribution in [2.24, 2.45) is 5.10 Å². The minimum atomic E-state index is -4.59. The molecule has 5 rings (SSSR count). The SMILES string of the molecule is Cc1ccc(-c2ccc(C=Nn3c(-c4cccc(C(F)(F)F)c4)nc4ccccc4c3=O)o2)cc1[N+](=O)[O-]. The van der Waals surface area contributed by atoms with Crippen molar-refractivity contribution in [1.82, 2.24) is 9.66 Å². The van der Waals surface area contributed by atoms with Gasteiger partial charge in [0.05, 0.1) is 27.6 Å². The largest absolute Gasteiger partial charge is 0.455 e. The monoisotopic (exact) mass is 518 g/mol. The highest BCUT2D eigenvalue weighted by atomic mass is 19.4. The number of nitrogens with zero attached hydrogens (tertiary/aromatic N) is 4. The van der Waals surface area contributed by atoms with E-state index < -0.39 is 22.2 Å². The predicted octanol–water partition coefficient (Wildman–Crippen LogP) is 6.44. The highest BCUT2D eigenvalue weighted by Gasteiger charge is 2.31. The van der Waals surface area contributed by atoms with Crippen molar-refractivity contribution < 1.29 is 22.5 Å². The van der Waals surface area contributed by atoms with E-state index in [1.54, 1.807) is 55.5 Å². The van der Waals surface area contributed by atoms with Crippen LogP contribution in [-0.2, 0) is 6.18 Å². The molecule has 0 atom stereocenters. The average Bonchev–Trinajstić information content (AvgIpc) is 3.37. The second kappa shape index (κ2) is 9.43. The summed E-state index contributed by atoms with van der Waals surface area (Å²) in [5, 5.41) is 15.7. The standard InChI is InChI=1S/C27H17F3N4O4/c1-16-9-10-17(14-23(16)34(36)37)24-12-11-20(38-24)15-31-33-25(18-5-4-6-19(13-18)27(28,29)30)32-22-8-3-2-7-21(22)26(33)35/h2-15H,1H3. The lowest BCUT2D eigenvalue weighted by Crippen LogP contribution is -2.20. The summed E-state index contributed by atoms with van der Waals surface area (Å²) in [6.07, 6.45) is -3.36. The topological polar surface area (TPSA) is 104 Å². The Morgan fingerprint density at radius 1 is 1.00 bits per heavy atom. The Morgan fingerprint density at radius 2 is 1.79 bits per heavy atom. The van der Waals surface area contributed by atoms with Gasteiger partial charge in [-0.2, -0.15) is 22.9 Å². The van der Waals surface area contributed by atoms with Crippen molar-refractivity contribution in [1.29, 1.82) is 0 Å². The van der Waals surface area contributed by atoms with Gasteiger partial charge < -0.3 is 4.42 Å². The Bertz CT molecular complexity index is 1790. The highest BCUT2D eigenvalue weighted by Crippen LogP contribution is 2.32. The molecule has 0 fully saturated rings. The molecular formula is C27H17F3N4O4. The summed E-state index contributed by atoms with van der Waals surface area (Å²) in [6, 6.07) is 18.7. The second-order valence-electron chi connectivity index (χ2n) is 8.35. The second-order valence-corrected chi connectivity index (χ2v) is 8.35. The van der Waals surface area contributed by atoms with Crippen LogP contribution in [0, 0.1) is 17.0 Å². The van der Waals surface area contributed by atoms with Crippen LogP contribution >= 0.6 is 0 Å². The molecular weight excluding hydrogens is 501 g/mol. The fourth-order valence-electron chi connectivity index (χ4n) is 3.90. The van der Waals surface area contributed by atoms with Crippen LogP contribution in [0.3, 0.4) is 0 Å². The van der Waals surface area contributed by atoms with Gasteiger partial charge in [0.2, 0.25) is 0 Å². The quantitative estimate of drug-likeness (QED) is 0.151. The van der Waals surface area contributed by atoms with E-state index in [1.807, 2.05) is 0 Å². The van der Waals surface area contributed by atoms with Crippen molar-refractivity contribution in [3.63, 3.8) is 0 Å². The summed E-state index contributed by atoms with van der Waals surface area (Å²) in [4.78, 5) is 28.5. The van der Waals surface area contributed by atoms with Crippen LogP contribution in [0.15, 0.2) is 93.2 Å². The van der Waals surface area contributed by atoms with Crippen molar-refractivity contribution in [2.75, 3.05) is 0 Å². The zero-order valence-corrected chi connectivity index (χ0v) is 19.6. The molecule has 38 heavy (non-hydrogen) atoms. The Labute approximate surface area is 212 Å². The maximum Gasteiger partial charge on any atom is 0.416 e. The Kier molecular flexibility index (Phi) is 6.11. The van der Waals surface area contributed by atoms with Crippen LogP contribution in [0.25, 0.3) is 33.6 Å². The first-order valence-electron chi connectivity index (χ1n) is 11.2. The Balaban J connectivity index is 1.59. The van der Waals surface area contributed by atoms with Crippen LogP contribution in [0.5, 0.6) is 0 Å². The molecule has 3 aromatic carbocycles. The van der Waals surface area contributed by atoms with Crippen molar-refractivity contribution >= 4 is 22.8 Å². The summed E-state index contributed by atoms with van der Waals surface area (Å²) in [5.41, 5.74) is -0.220. The Hall–Kier alpha value is -5.06. The number of nitro benzene ring substituents is 1. The van der Waals surface area contributed by atoms with E-state index in [1.165, 1.54) is 24.4 Å². The molecule has 8 nitrogen and oxygen atoms in total. The molecule has 0 N–H and O–H groups in total. The molecule has 0 saturated heterocycles. The van der Waals surface area contributed by atoms with E-state index in [2.05, 4.69) is 10.1 Å². The summed E-state index contributed by atoms with van der Waals surface area (Å²) in [6.45, 7) is 1.62. The number of hydrogen-bond donors (Lipinski definition) is 0. The molecule has 5 aromatic rings. The van der Waals surface area contributed by atoms with Crippen molar-refractivity contribution in [3.05, 3.63) is 116 Å². The van der Waals surface area contributed by atoms with E-state index in [4.69, 9.17) is 4.42 Å². The number of para-hydroxylation sites is 1. The molecule has 0 amide bonds. The molecule has 0 saturated carbocycles. The van der Waals surface area contributed by atoms with Gasteiger partial charge in [0.15, 0.2) is 5.82 Å². The predicted molar refractivity (Wildman–Crippen MR) is 135 cm³/mol. The minimum Gasteiger partial charge on any atom is -0.455 e. The van der Waals surface area contributed by atoms with Gasteiger partial charge in [-0.15, -0.1) is 0 Å². The molecule has 0 aliphatic carbocycles. The number of nitro groups is 1. The number of aromatic nitrogens is 2. The lowest BCUT2D eigenvalue weighted by molar-refractivity contribution is -0.385. The molecule has 190 valence electrons. The zero-order chi connectivity index (χ0) is 27.0. The number of benzene rings is 3. The van der Waals surface area contributed by atoms with Gasteiger partial charge in [-0.25, -0.2) is 4.98 Å². The number of aryl methyl sites for hydroxylation is 1. The normalized spacial score (nSPS) is 11.9. The van der Waals surface area contributed by atoms with Gasteiger partial charge in [0, 0.05) is 22.8 Å². The number of hydrogen-bond acceptors (Lipinski definition) is 6. The maximum absolute atomic E-state index is 13.4. The van der Waals surface area contributed by atoms with Gasteiger partial charge in [0.1, 0.15) is 11.5 Å². The fraction of sp³-hybridized carbons (Fsp3) is 0.0741. The van der Waals surface area contributed by atoms with E-state index in [0.717, 1.165) is 16.8 Å². The summed E-state index contributed by atoms with van der Waals surface area (Å²) in [7, 11) is 0. The highest BCUT2D eigenvalue weighted by molar-refractivity contribution is 5.81. The molecule has 0 bridgehead atoms. The summed E-state index contributed by atoms with van der Waals surface area (Å²) in [5.74, 6) is 0.451. The first kappa shape index (κ1) is 24.6. The number of rotatable bonds is 5. The van der Waals surface area contributed by atoms with Gasteiger partial charge in [0.25, 0.3) is 11.2 Å². The molecule has 11 heteroatoms. The third-order valence-electron chi connectivity index (χ3n) is 5.82. The minimum absolute atomic E-state index is 0.0481. The molecule has 0 unspecified atom stereocenters. The molecule has 2 heterocycles. The van der Waals surface area contributed by atoms with E-state index >= 15 is 0 Å². The van der Waals surface area contributed by atoms with Crippen LogP contribution in [-0.4, -0.2) is 20.8 Å². The smallest absolute Gasteiger partial charge is 0.416 e. The summed E-state index contributed by atoms with van der Waals surface area (Å²) < 4.78 is 46.7. The van der Waals surface area contributed by atoms with Gasteiger partial charge in [-0.05, 0) is 43.3 Å². The van der Waals surface area contributed by atoms with Crippen LogP contribution < -0.4 is 5.56 Å². The third kappa shape index (κ3) is 4.69. The molecule has 0 aliphatic rings. The van der Waals surface area contributed by atoms with Crippen LogP contribution in [0.4, 0.5) is 18.9 Å². The number of fused-ring (bicyclic) bond motifs is 1. The number of halogens is 3. The molecule has 0 aliphatic heterocycles. The average molecular weight is 518 g/mol. The maximum atomic E-state index is 13.4. The number of furan rings is 1. The van der Waals surface area contributed by atoms with Gasteiger partial charge in [-0.1, -0.05) is 36.4 Å². The van der Waals surface area contributed by atoms with Crippen LogP contribution in [0.1, 0.15) is 16.9 Å². The van der Waals surface area contributed by atoms with Crippen molar-refractivity contribution in [3.8, 4) is 22.7 Å². The lowest BCUT2D eigenvalue weighted by atomic mass is 10.1. The molecule has 0 radical (unpaired) electrons. The zero-order valence-electron chi connectivity index (χ0n) is 19.6. The van der Waals surface area contributed by atoms with E-state index in [0.29, 0.717) is 22.4 Å². The Morgan fingerprint density at radius 3 is 2.55 bits per heavy atom. The first-order chi connectivity index (χ1) is 18.1. The van der Waals surface area contributed by atoms with Crippen molar-refractivity contribution in [2.45, 2.75) is 13.1 Å². The van der Waals surface area contributed by atoms with E-state index in [9.17, 15) is 28.1 Å². The lowest BCUT2D eigenvalue weighted by Gasteiger charge is -2.11. The molecule has 0 spiro atoms. The van der Waals surface area contributed by atoms with Crippen LogP contribution in [0.2, 0.25) is 0 Å².